The summed E-state index contributed by atoms with van der Waals surface area (Å²) in [6, 6.07) is 0. The molecule has 0 bridgehead atoms. The van der Waals surface area contributed by atoms with Crippen LogP contribution < -0.4 is 0 Å². The van der Waals surface area contributed by atoms with Crippen molar-refractivity contribution in [2.45, 2.75) is 38.5 Å². The average molecular weight is 225 g/mol. The minimum atomic E-state index is -0.767. The van der Waals surface area contributed by atoms with Crippen LogP contribution in [0.2, 0.25) is 0 Å². The average Bonchev–Trinajstić information content (AvgIpc) is 2.86. The lowest BCUT2D eigenvalue weighted by atomic mass is 10.0. The smallest absolute Gasteiger partial charge is 0.308 e. The van der Waals surface area contributed by atoms with Gasteiger partial charge in [-0.25, -0.2) is 0 Å². The van der Waals surface area contributed by atoms with Gasteiger partial charge in [-0.1, -0.05) is 12.8 Å². The highest BCUT2D eigenvalue weighted by molar-refractivity contribution is 5.78. The Labute approximate surface area is 95.6 Å². The maximum absolute atomic E-state index is 11.9. The van der Waals surface area contributed by atoms with E-state index >= 15 is 0 Å². The first-order chi connectivity index (χ1) is 7.66. The van der Waals surface area contributed by atoms with E-state index < -0.39 is 5.97 Å². The Morgan fingerprint density at radius 3 is 2.44 bits per heavy atom. The van der Waals surface area contributed by atoms with E-state index in [0.29, 0.717) is 31.8 Å². The van der Waals surface area contributed by atoms with Crippen molar-refractivity contribution in [1.29, 1.82) is 0 Å². The van der Waals surface area contributed by atoms with E-state index in [4.69, 9.17) is 5.11 Å². The van der Waals surface area contributed by atoms with E-state index in [0.717, 1.165) is 0 Å². The second-order valence-corrected chi connectivity index (χ2v) is 5.02. The molecule has 2 aliphatic rings. The predicted octanol–water partition coefficient (Wildman–Crippen LogP) is 1.50. The lowest BCUT2D eigenvalue weighted by molar-refractivity contribution is -0.141. The van der Waals surface area contributed by atoms with Crippen LogP contribution in [0.5, 0.6) is 0 Å². The number of aliphatic carboxylic acids is 1. The SMILES string of the molecule is O=C(O)[C@H]1CCN(C(=O)CC2CCCC2)C1. The fraction of sp³-hybridized carbons (Fsp3) is 0.833. The molecule has 1 saturated carbocycles. The van der Waals surface area contributed by atoms with E-state index in [1.807, 2.05) is 0 Å². The molecule has 1 amide bonds. The minimum Gasteiger partial charge on any atom is -0.481 e. The van der Waals surface area contributed by atoms with Gasteiger partial charge < -0.3 is 10.0 Å². The Hall–Kier alpha value is -1.06. The number of carboxylic acid groups (broad SMARTS) is 1. The van der Waals surface area contributed by atoms with Crippen LogP contribution in [0.25, 0.3) is 0 Å². The third-order valence-electron chi connectivity index (χ3n) is 3.83. The molecule has 16 heavy (non-hydrogen) atoms. The third-order valence-corrected chi connectivity index (χ3v) is 3.83. The van der Waals surface area contributed by atoms with Crippen LogP contribution in [0.3, 0.4) is 0 Å². The van der Waals surface area contributed by atoms with E-state index in [1.165, 1.54) is 25.7 Å². The number of likely N-dealkylation sites (tertiary alicyclic amines) is 1. The predicted molar refractivity (Wildman–Crippen MR) is 58.9 cm³/mol. The lowest BCUT2D eigenvalue weighted by Crippen LogP contribution is -2.30. The molecular formula is C12H19NO3. The van der Waals surface area contributed by atoms with Crippen molar-refractivity contribution in [1.82, 2.24) is 4.90 Å². The highest BCUT2D eigenvalue weighted by Gasteiger charge is 2.31. The van der Waals surface area contributed by atoms with Crippen molar-refractivity contribution >= 4 is 11.9 Å². The van der Waals surface area contributed by atoms with Crippen molar-refractivity contribution in [3.8, 4) is 0 Å². The molecule has 0 unspecified atom stereocenters. The summed E-state index contributed by atoms with van der Waals surface area (Å²) in [7, 11) is 0. The van der Waals surface area contributed by atoms with Crippen molar-refractivity contribution in [2.24, 2.45) is 11.8 Å². The number of carbonyl (C=O) groups excluding carboxylic acids is 1. The number of carbonyl (C=O) groups is 2. The normalized spacial score (nSPS) is 26.2. The largest absolute Gasteiger partial charge is 0.481 e. The second-order valence-electron chi connectivity index (χ2n) is 5.02. The van der Waals surface area contributed by atoms with E-state index in [2.05, 4.69) is 0 Å². The van der Waals surface area contributed by atoms with E-state index in [1.54, 1.807) is 4.90 Å². The zero-order chi connectivity index (χ0) is 11.5. The molecule has 2 rings (SSSR count). The lowest BCUT2D eigenvalue weighted by Gasteiger charge is -2.18. The van der Waals surface area contributed by atoms with Gasteiger partial charge in [-0.3, -0.25) is 9.59 Å². The molecule has 1 aliphatic heterocycles. The van der Waals surface area contributed by atoms with Gasteiger partial charge in [-0.15, -0.1) is 0 Å². The van der Waals surface area contributed by atoms with Crippen LogP contribution in [0.1, 0.15) is 38.5 Å². The summed E-state index contributed by atoms with van der Waals surface area (Å²) in [6.45, 7) is 1.05. The molecule has 1 heterocycles. The standard InChI is InChI=1S/C12H19NO3/c14-11(7-9-3-1-2-4-9)13-6-5-10(8-13)12(15)16/h9-10H,1-8H2,(H,15,16)/t10-/m0/s1. The quantitative estimate of drug-likeness (QED) is 0.791. The summed E-state index contributed by atoms with van der Waals surface area (Å²) >= 11 is 0. The van der Waals surface area contributed by atoms with Gasteiger partial charge >= 0.3 is 5.97 Å². The van der Waals surface area contributed by atoms with Crippen LogP contribution in [0.15, 0.2) is 0 Å². The third kappa shape index (κ3) is 2.54. The summed E-state index contributed by atoms with van der Waals surface area (Å²) in [5, 5.41) is 8.86. The summed E-state index contributed by atoms with van der Waals surface area (Å²) < 4.78 is 0. The first-order valence-electron chi connectivity index (χ1n) is 6.17. The van der Waals surface area contributed by atoms with Crippen LogP contribution in [0.4, 0.5) is 0 Å². The first-order valence-corrected chi connectivity index (χ1v) is 6.17. The number of hydrogen-bond acceptors (Lipinski definition) is 2. The Kier molecular flexibility index (Phi) is 3.46. The van der Waals surface area contributed by atoms with Gasteiger partial charge in [0.15, 0.2) is 0 Å². The highest BCUT2D eigenvalue weighted by atomic mass is 16.4. The monoisotopic (exact) mass is 225 g/mol. The summed E-state index contributed by atoms with van der Waals surface area (Å²) in [5.74, 6) is -0.393. The topological polar surface area (TPSA) is 57.6 Å². The molecule has 0 radical (unpaired) electrons. The zero-order valence-electron chi connectivity index (χ0n) is 9.52. The van der Waals surface area contributed by atoms with E-state index in [-0.39, 0.29) is 11.8 Å². The fourth-order valence-electron chi connectivity index (χ4n) is 2.78. The van der Waals surface area contributed by atoms with Crippen LogP contribution >= 0.6 is 0 Å². The summed E-state index contributed by atoms with van der Waals surface area (Å²) in [4.78, 5) is 24.4. The molecule has 1 saturated heterocycles. The number of carboxylic acids is 1. The molecule has 90 valence electrons. The molecular weight excluding hydrogens is 206 g/mol. The van der Waals surface area contributed by atoms with Crippen LogP contribution in [-0.4, -0.2) is 35.0 Å². The van der Waals surface area contributed by atoms with Gasteiger partial charge in [-0.2, -0.15) is 0 Å². The Balaban J connectivity index is 1.79. The molecule has 1 aliphatic carbocycles. The van der Waals surface area contributed by atoms with Gasteiger partial charge in [0.2, 0.25) is 5.91 Å². The molecule has 0 aromatic carbocycles. The van der Waals surface area contributed by atoms with Gasteiger partial charge in [0.05, 0.1) is 5.92 Å². The summed E-state index contributed by atoms with van der Waals surface area (Å²) in [6.07, 6.45) is 6.08. The van der Waals surface area contributed by atoms with Crippen molar-refractivity contribution in [3.05, 3.63) is 0 Å². The first kappa shape index (κ1) is 11.4. The van der Waals surface area contributed by atoms with Crippen molar-refractivity contribution in [2.75, 3.05) is 13.1 Å². The molecule has 4 nitrogen and oxygen atoms in total. The molecule has 4 heteroatoms. The maximum Gasteiger partial charge on any atom is 0.308 e. The number of hydrogen-bond donors (Lipinski definition) is 1. The number of rotatable bonds is 3. The maximum atomic E-state index is 11.9. The van der Waals surface area contributed by atoms with Crippen LogP contribution in [-0.2, 0) is 9.59 Å². The highest BCUT2D eigenvalue weighted by Crippen LogP contribution is 2.29. The molecule has 1 atom stereocenters. The van der Waals surface area contributed by atoms with E-state index in [9.17, 15) is 9.59 Å². The van der Waals surface area contributed by atoms with Crippen molar-refractivity contribution in [3.63, 3.8) is 0 Å². The molecule has 0 aromatic heterocycles. The second kappa shape index (κ2) is 4.85. The van der Waals surface area contributed by atoms with Crippen molar-refractivity contribution < 1.29 is 14.7 Å². The van der Waals surface area contributed by atoms with Gasteiger partial charge in [0, 0.05) is 19.5 Å². The van der Waals surface area contributed by atoms with Gasteiger partial charge in [-0.05, 0) is 25.2 Å². The van der Waals surface area contributed by atoms with Crippen LogP contribution in [0, 0.1) is 11.8 Å². The number of amides is 1. The minimum absolute atomic E-state index is 0.163. The molecule has 1 N–H and O–H groups in total. The Morgan fingerprint density at radius 1 is 1.19 bits per heavy atom. The molecule has 0 spiro atoms. The fourth-order valence-corrected chi connectivity index (χ4v) is 2.78. The van der Waals surface area contributed by atoms with Gasteiger partial charge in [0.25, 0.3) is 0 Å². The number of nitrogens with zero attached hydrogens (tertiary/aromatic N) is 1. The Bertz CT molecular complexity index is 284. The zero-order valence-corrected chi connectivity index (χ0v) is 9.52. The molecule has 0 aromatic rings. The summed E-state index contributed by atoms with van der Waals surface area (Å²) in [5.41, 5.74) is 0. The Morgan fingerprint density at radius 2 is 1.88 bits per heavy atom. The van der Waals surface area contributed by atoms with Gasteiger partial charge in [0.1, 0.15) is 0 Å². The molecule has 2 fully saturated rings.